The van der Waals surface area contributed by atoms with Crippen LogP contribution in [0.5, 0.6) is 0 Å². The van der Waals surface area contributed by atoms with Crippen molar-refractivity contribution in [3.63, 3.8) is 0 Å². The minimum atomic E-state index is -0.883. The molecule has 0 bridgehead atoms. The number of urea groups is 1. The van der Waals surface area contributed by atoms with Gasteiger partial charge in [-0.1, -0.05) is 64.8 Å². The standard InChI is InChI=1S/C24H19Cl2F2N5OS/c1-14-3-2-4-15(9-14)13-35-24-32-31-22(33(24)21-8-5-16(25)10-18(21)26)12-29-23(34)30-20-7-6-17(27)11-19(20)28/h2-11H,12-13H2,1H3,(H2,29,30,34). The predicted octanol–water partition coefficient (Wildman–Crippen LogP) is 6.77. The van der Waals surface area contributed by atoms with Crippen molar-refractivity contribution in [3.05, 3.63) is 99.3 Å². The van der Waals surface area contributed by atoms with Crippen LogP contribution in [0.4, 0.5) is 19.3 Å². The van der Waals surface area contributed by atoms with E-state index in [4.69, 9.17) is 23.2 Å². The van der Waals surface area contributed by atoms with Crippen molar-refractivity contribution < 1.29 is 13.6 Å². The number of nitrogens with zero attached hydrogens (tertiary/aromatic N) is 3. The number of carbonyl (C=O) groups is 1. The Hall–Kier alpha value is -3.14. The lowest BCUT2D eigenvalue weighted by Gasteiger charge is -2.13. The van der Waals surface area contributed by atoms with E-state index in [0.29, 0.717) is 38.5 Å². The number of anilines is 1. The van der Waals surface area contributed by atoms with E-state index >= 15 is 0 Å². The molecule has 2 amide bonds. The number of aromatic nitrogens is 3. The summed E-state index contributed by atoms with van der Waals surface area (Å²) in [6.45, 7) is 1.99. The molecule has 2 N–H and O–H groups in total. The van der Waals surface area contributed by atoms with E-state index in [1.165, 1.54) is 11.8 Å². The predicted molar refractivity (Wildman–Crippen MR) is 134 cm³/mol. The molecule has 11 heteroatoms. The Bertz CT molecular complexity index is 1380. The van der Waals surface area contributed by atoms with Gasteiger partial charge in [0, 0.05) is 16.8 Å². The molecular formula is C24H19Cl2F2N5OS. The number of thioether (sulfide) groups is 1. The van der Waals surface area contributed by atoms with E-state index in [1.807, 2.05) is 25.1 Å². The lowest BCUT2D eigenvalue weighted by atomic mass is 10.2. The SMILES string of the molecule is Cc1cccc(CSc2nnc(CNC(=O)Nc3ccc(F)cc3F)n2-c2ccc(Cl)cc2Cl)c1. The molecule has 0 aliphatic carbocycles. The Morgan fingerprint density at radius 2 is 1.89 bits per heavy atom. The topological polar surface area (TPSA) is 71.8 Å². The highest BCUT2D eigenvalue weighted by Gasteiger charge is 2.18. The van der Waals surface area contributed by atoms with Gasteiger partial charge in [0.1, 0.15) is 11.6 Å². The Kier molecular flexibility index (Phi) is 7.90. The summed E-state index contributed by atoms with van der Waals surface area (Å²) in [5, 5.41) is 14.9. The van der Waals surface area contributed by atoms with Crippen molar-refractivity contribution in [3.8, 4) is 5.69 Å². The van der Waals surface area contributed by atoms with Crippen LogP contribution >= 0.6 is 35.0 Å². The monoisotopic (exact) mass is 533 g/mol. The molecule has 4 aromatic rings. The molecule has 0 spiro atoms. The van der Waals surface area contributed by atoms with E-state index in [0.717, 1.165) is 23.3 Å². The first-order valence-electron chi connectivity index (χ1n) is 10.4. The van der Waals surface area contributed by atoms with Crippen molar-refractivity contribution in [2.45, 2.75) is 24.4 Å². The third-order valence-electron chi connectivity index (χ3n) is 4.89. The highest BCUT2D eigenvalue weighted by molar-refractivity contribution is 7.98. The molecular weight excluding hydrogens is 515 g/mol. The molecule has 35 heavy (non-hydrogen) atoms. The number of nitrogens with one attached hydrogen (secondary N) is 2. The van der Waals surface area contributed by atoms with Gasteiger partial charge < -0.3 is 10.6 Å². The fourth-order valence-electron chi connectivity index (χ4n) is 3.28. The molecule has 180 valence electrons. The van der Waals surface area contributed by atoms with Gasteiger partial charge in [-0.05, 0) is 42.8 Å². The van der Waals surface area contributed by atoms with Crippen LogP contribution in [0.2, 0.25) is 10.0 Å². The van der Waals surface area contributed by atoms with Gasteiger partial charge in [0.2, 0.25) is 0 Å². The van der Waals surface area contributed by atoms with Crippen LogP contribution in [-0.2, 0) is 12.3 Å². The molecule has 6 nitrogen and oxygen atoms in total. The van der Waals surface area contributed by atoms with Crippen LogP contribution in [0.15, 0.2) is 65.8 Å². The quantitative estimate of drug-likeness (QED) is 0.257. The van der Waals surface area contributed by atoms with Gasteiger partial charge in [-0.2, -0.15) is 0 Å². The zero-order valence-corrected chi connectivity index (χ0v) is 20.7. The summed E-state index contributed by atoms with van der Waals surface area (Å²) in [5.41, 5.74) is 2.71. The van der Waals surface area contributed by atoms with Crippen LogP contribution in [-0.4, -0.2) is 20.8 Å². The Labute approximate surface area is 214 Å². The molecule has 1 heterocycles. The van der Waals surface area contributed by atoms with Gasteiger partial charge in [-0.25, -0.2) is 13.6 Å². The third kappa shape index (κ3) is 6.30. The molecule has 1 aromatic heterocycles. The maximum Gasteiger partial charge on any atom is 0.319 e. The van der Waals surface area contributed by atoms with Crippen LogP contribution in [0.25, 0.3) is 5.69 Å². The van der Waals surface area contributed by atoms with Crippen LogP contribution < -0.4 is 10.6 Å². The summed E-state index contributed by atoms with van der Waals surface area (Å²) in [4.78, 5) is 12.3. The van der Waals surface area contributed by atoms with Crippen LogP contribution in [0.1, 0.15) is 17.0 Å². The van der Waals surface area contributed by atoms with Crippen molar-refractivity contribution >= 4 is 46.7 Å². The van der Waals surface area contributed by atoms with Gasteiger partial charge in [0.25, 0.3) is 0 Å². The summed E-state index contributed by atoms with van der Waals surface area (Å²) in [7, 11) is 0. The number of aryl methyl sites for hydroxylation is 1. The van der Waals surface area contributed by atoms with E-state index in [-0.39, 0.29) is 12.2 Å². The normalized spacial score (nSPS) is 10.9. The van der Waals surface area contributed by atoms with E-state index in [9.17, 15) is 13.6 Å². The molecule has 0 aliphatic rings. The zero-order chi connectivity index (χ0) is 24.9. The third-order valence-corrected chi connectivity index (χ3v) is 6.43. The van der Waals surface area contributed by atoms with Crippen molar-refractivity contribution in [1.29, 1.82) is 0 Å². The Balaban J connectivity index is 1.55. The maximum atomic E-state index is 13.9. The largest absolute Gasteiger partial charge is 0.331 e. The average molecular weight is 534 g/mol. The summed E-state index contributed by atoms with van der Waals surface area (Å²) in [6.07, 6.45) is 0. The highest BCUT2D eigenvalue weighted by Crippen LogP contribution is 2.31. The van der Waals surface area contributed by atoms with E-state index < -0.39 is 17.7 Å². The summed E-state index contributed by atoms with van der Waals surface area (Å²) >= 11 is 14.0. The van der Waals surface area contributed by atoms with Gasteiger partial charge in [0.05, 0.1) is 22.9 Å². The fraction of sp³-hybridized carbons (Fsp3) is 0.125. The second kappa shape index (κ2) is 11.1. The molecule has 0 saturated carbocycles. The average Bonchev–Trinajstić information content (AvgIpc) is 3.21. The number of halogens is 4. The first-order chi connectivity index (χ1) is 16.8. The number of carbonyl (C=O) groups excluding carboxylic acids is 1. The van der Waals surface area contributed by atoms with Crippen molar-refractivity contribution in [2.24, 2.45) is 0 Å². The fourth-order valence-corrected chi connectivity index (χ4v) is 4.68. The second-order valence-corrected chi connectivity index (χ2v) is 9.33. The molecule has 4 rings (SSSR count). The number of hydrogen-bond acceptors (Lipinski definition) is 4. The highest BCUT2D eigenvalue weighted by atomic mass is 35.5. The van der Waals surface area contributed by atoms with Crippen molar-refractivity contribution in [1.82, 2.24) is 20.1 Å². The molecule has 0 fully saturated rings. The van der Waals surface area contributed by atoms with Gasteiger partial charge in [-0.3, -0.25) is 4.57 Å². The summed E-state index contributed by atoms with van der Waals surface area (Å²) in [5.74, 6) is -0.582. The van der Waals surface area contributed by atoms with Crippen LogP contribution in [0, 0.1) is 18.6 Å². The molecule has 0 aliphatic heterocycles. The molecule has 0 radical (unpaired) electrons. The summed E-state index contributed by atoms with van der Waals surface area (Å²) in [6, 6.07) is 15.3. The molecule has 3 aromatic carbocycles. The molecule has 0 atom stereocenters. The molecule has 0 saturated heterocycles. The molecule has 0 unspecified atom stereocenters. The lowest BCUT2D eigenvalue weighted by molar-refractivity contribution is 0.251. The second-order valence-electron chi connectivity index (χ2n) is 7.54. The smallest absolute Gasteiger partial charge is 0.319 e. The van der Waals surface area contributed by atoms with Crippen molar-refractivity contribution in [2.75, 3.05) is 5.32 Å². The number of benzene rings is 3. The zero-order valence-electron chi connectivity index (χ0n) is 18.4. The number of hydrogen-bond donors (Lipinski definition) is 2. The van der Waals surface area contributed by atoms with Gasteiger partial charge in [0.15, 0.2) is 11.0 Å². The number of rotatable bonds is 7. The summed E-state index contributed by atoms with van der Waals surface area (Å²) < 4.78 is 28.7. The number of amides is 2. The minimum absolute atomic E-state index is 0.0361. The maximum absolute atomic E-state index is 13.9. The lowest BCUT2D eigenvalue weighted by Crippen LogP contribution is -2.29. The van der Waals surface area contributed by atoms with Gasteiger partial charge in [-0.15, -0.1) is 10.2 Å². The first kappa shape index (κ1) is 25.0. The van der Waals surface area contributed by atoms with Gasteiger partial charge >= 0.3 is 6.03 Å². The minimum Gasteiger partial charge on any atom is -0.331 e. The van der Waals surface area contributed by atoms with Crippen LogP contribution in [0.3, 0.4) is 0 Å². The Morgan fingerprint density at radius 1 is 1.06 bits per heavy atom. The van der Waals surface area contributed by atoms with E-state index in [2.05, 4.69) is 26.9 Å². The Morgan fingerprint density at radius 3 is 2.63 bits per heavy atom. The van der Waals surface area contributed by atoms with E-state index in [1.54, 1.807) is 22.8 Å². The first-order valence-corrected chi connectivity index (χ1v) is 12.1.